The van der Waals surface area contributed by atoms with E-state index in [1.165, 1.54) is 0 Å². The van der Waals surface area contributed by atoms with Gasteiger partial charge in [0.25, 0.3) is 5.91 Å². The van der Waals surface area contributed by atoms with Crippen molar-refractivity contribution in [2.75, 3.05) is 6.61 Å². The van der Waals surface area contributed by atoms with E-state index in [0.717, 1.165) is 11.3 Å². The molecule has 0 spiro atoms. The molecule has 1 N–H and O–H groups in total. The second-order valence-corrected chi connectivity index (χ2v) is 5.56. The summed E-state index contributed by atoms with van der Waals surface area (Å²) in [7, 11) is 0. The highest BCUT2D eigenvalue weighted by Crippen LogP contribution is 2.16. The molecule has 2 atom stereocenters. The molecule has 0 radical (unpaired) electrons. The number of hydrogen-bond acceptors (Lipinski definition) is 3. The van der Waals surface area contributed by atoms with Crippen LogP contribution in [0.15, 0.2) is 54.6 Å². The molecule has 0 aromatic heterocycles. The molecule has 1 amide bonds. The van der Waals surface area contributed by atoms with Gasteiger partial charge in [-0.25, -0.2) is 0 Å². The van der Waals surface area contributed by atoms with E-state index in [-0.39, 0.29) is 11.9 Å². The second kappa shape index (κ2) is 8.22. The van der Waals surface area contributed by atoms with Gasteiger partial charge in [0.2, 0.25) is 0 Å². The molecule has 0 aliphatic heterocycles. The molecule has 2 aromatic carbocycles. The van der Waals surface area contributed by atoms with Crippen molar-refractivity contribution in [1.29, 1.82) is 0 Å². The number of carbonyl (C=O) groups is 1. The zero-order valence-electron chi connectivity index (χ0n) is 13.8. The van der Waals surface area contributed by atoms with Gasteiger partial charge >= 0.3 is 0 Å². The molecule has 0 bridgehead atoms. The average Bonchev–Trinajstić information content (AvgIpc) is 2.55. The molecule has 23 heavy (non-hydrogen) atoms. The van der Waals surface area contributed by atoms with Crippen molar-refractivity contribution in [3.63, 3.8) is 0 Å². The molecular formula is C19H23NO3. The maximum atomic E-state index is 12.1. The lowest BCUT2D eigenvalue weighted by molar-refractivity contribution is -0.128. The predicted octanol–water partition coefficient (Wildman–Crippen LogP) is 3.35. The molecule has 122 valence electrons. The van der Waals surface area contributed by atoms with E-state index in [1.807, 2.05) is 68.4 Å². The van der Waals surface area contributed by atoms with E-state index >= 15 is 0 Å². The van der Waals surface area contributed by atoms with Crippen LogP contribution in [0, 0.1) is 6.92 Å². The van der Waals surface area contributed by atoms with Gasteiger partial charge in [-0.15, -0.1) is 0 Å². The molecule has 2 rings (SSSR count). The standard InChI is InChI=1S/C19H23NO3/c1-14-9-7-8-12-18(14)22-13-15(2)20-19(21)16(3)23-17-10-5-4-6-11-17/h4-12,15-16H,13H2,1-3H3,(H,20,21)/t15-,16+/m1/s1. The Hall–Kier alpha value is -2.49. The maximum Gasteiger partial charge on any atom is 0.261 e. The Labute approximate surface area is 137 Å². The summed E-state index contributed by atoms with van der Waals surface area (Å²) in [4.78, 5) is 12.1. The average molecular weight is 313 g/mol. The lowest BCUT2D eigenvalue weighted by atomic mass is 10.2. The van der Waals surface area contributed by atoms with Gasteiger partial charge in [0.05, 0.1) is 6.04 Å². The minimum atomic E-state index is -0.557. The van der Waals surface area contributed by atoms with Crippen LogP contribution in [0.3, 0.4) is 0 Å². The Bertz CT molecular complexity index is 628. The first-order valence-electron chi connectivity index (χ1n) is 7.77. The van der Waals surface area contributed by atoms with Crippen molar-refractivity contribution in [2.45, 2.75) is 32.9 Å². The Kier molecular flexibility index (Phi) is 6.03. The summed E-state index contributed by atoms with van der Waals surface area (Å²) >= 11 is 0. The smallest absolute Gasteiger partial charge is 0.261 e. The van der Waals surface area contributed by atoms with Crippen LogP contribution in [0.4, 0.5) is 0 Å². The molecule has 4 nitrogen and oxygen atoms in total. The zero-order chi connectivity index (χ0) is 16.7. The second-order valence-electron chi connectivity index (χ2n) is 5.56. The number of benzene rings is 2. The number of ether oxygens (including phenoxy) is 2. The van der Waals surface area contributed by atoms with Crippen LogP contribution in [0.1, 0.15) is 19.4 Å². The van der Waals surface area contributed by atoms with Crippen molar-refractivity contribution in [1.82, 2.24) is 5.32 Å². The zero-order valence-corrected chi connectivity index (χ0v) is 13.8. The van der Waals surface area contributed by atoms with Gasteiger partial charge in [-0.2, -0.15) is 0 Å². The fourth-order valence-corrected chi connectivity index (χ4v) is 2.09. The summed E-state index contributed by atoms with van der Waals surface area (Å²) in [5.41, 5.74) is 1.08. The van der Waals surface area contributed by atoms with Crippen LogP contribution in [-0.2, 0) is 4.79 Å². The minimum absolute atomic E-state index is 0.107. The number of aryl methyl sites for hydroxylation is 1. The first-order chi connectivity index (χ1) is 11.1. The first kappa shape index (κ1) is 16.9. The normalized spacial score (nSPS) is 13.0. The predicted molar refractivity (Wildman–Crippen MR) is 90.8 cm³/mol. The minimum Gasteiger partial charge on any atom is -0.491 e. The summed E-state index contributed by atoms with van der Waals surface area (Å²) in [6.45, 7) is 6.05. The van der Waals surface area contributed by atoms with Gasteiger partial charge in [0.15, 0.2) is 6.10 Å². The van der Waals surface area contributed by atoms with E-state index in [2.05, 4.69) is 5.32 Å². The molecule has 0 fully saturated rings. The lowest BCUT2D eigenvalue weighted by Gasteiger charge is -2.19. The van der Waals surface area contributed by atoms with Gasteiger partial charge in [-0.3, -0.25) is 4.79 Å². The third kappa shape index (κ3) is 5.33. The number of carbonyl (C=O) groups excluding carboxylic acids is 1. The van der Waals surface area contributed by atoms with Crippen molar-refractivity contribution in [3.8, 4) is 11.5 Å². The summed E-state index contributed by atoms with van der Waals surface area (Å²) in [6, 6.07) is 17.0. The summed E-state index contributed by atoms with van der Waals surface area (Å²) < 4.78 is 11.3. The molecule has 0 aliphatic rings. The first-order valence-corrected chi connectivity index (χ1v) is 7.77. The Balaban J connectivity index is 1.79. The van der Waals surface area contributed by atoms with Crippen LogP contribution >= 0.6 is 0 Å². The summed E-state index contributed by atoms with van der Waals surface area (Å²) in [5.74, 6) is 1.36. The van der Waals surface area contributed by atoms with Crippen LogP contribution in [0.25, 0.3) is 0 Å². The van der Waals surface area contributed by atoms with Gasteiger partial charge in [0, 0.05) is 0 Å². The van der Waals surface area contributed by atoms with E-state index in [1.54, 1.807) is 6.92 Å². The number of nitrogens with one attached hydrogen (secondary N) is 1. The summed E-state index contributed by atoms with van der Waals surface area (Å²) in [5, 5.41) is 2.90. The monoisotopic (exact) mass is 313 g/mol. The van der Waals surface area contributed by atoms with Crippen LogP contribution in [-0.4, -0.2) is 24.7 Å². The van der Waals surface area contributed by atoms with Crippen LogP contribution in [0.5, 0.6) is 11.5 Å². The fourth-order valence-electron chi connectivity index (χ4n) is 2.09. The SMILES string of the molecule is Cc1ccccc1OC[C@@H](C)NC(=O)[C@H](C)Oc1ccccc1. The van der Waals surface area contributed by atoms with Crippen molar-refractivity contribution >= 4 is 5.91 Å². The maximum absolute atomic E-state index is 12.1. The third-order valence-corrected chi connectivity index (χ3v) is 3.40. The largest absolute Gasteiger partial charge is 0.491 e. The Morgan fingerprint density at radius 3 is 2.39 bits per heavy atom. The molecule has 0 saturated heterocycles. The molecule has 0 aliphatic carbocycles. The van der Waals surface area contributed by atoms with E-state index in [0.29, 0.717) is 12.4 Å². The van der Waals surface area contributed by atoms with Crippen molar-refractivity contribution in [2.24, 2.45) is 0 Å². The van der Waals surface area contributed by atoms with Gasteiger partial charge in [-0.1, -0.05) is 36.4 Å². The summed E-state index contributed by atoms with van der Waals surface area (Å²) in [6.07, 6.45) is -0.557. The fraction of sp³-hybridized carbons (Fsp3) is 0.316. The highest BCUT2D eigenvalue weighted by atomic mass is 16.5. The molecule has 0 saturated carbocycles. The lowest BCUT2D eigenvalue weighted by Crippen LogP contribution is -2.43. The van der Waals surface area contributed by atoms with Crippen molar-refractivity contribution < 1.29 is 14.3 Å². The molecule has 2 aromatic rings. The van der Waals surface area contributed by atoms with E-state index < -0.39 is 6.10 Å². The topological polar surface area (TPSA) is 47.6 Å². The number of hydrogen-bond donors (Lipinski definition) is 1. The molecule has 0 heterocycles. The Morgan fingerprint density at radius 1 is 1.04 bits per heavy atom. The van der Waals surface area contributed by atoms with Gasteiger partial charge in [0.1, 0.15) is 18.1 Å². The van der Waals surface area contributed by atoms with E-state index in [9.17, 15) is 4.79 Å². The van der Waals surface area contributed by atoms with Crippen molar-refractivity contribution in [3.05, 3.63) is 60.2 Å². The quantitative estimate of drug-likeness (QED) is 0.853. The van der Waals surface area contributed by atoms with Gasteiger partial charge < -0.3 is 14.8 Å². The Morgan fingerprint density at radius 2 is 1.70 bits per heavy atom. The van der Waals surface area contributed by atoms with Gasteiger partial charge in [-0.05, 0) is 44.5 Å². The van der Waals surface area contributed by atoms with Crippen LogP contribution in [0.2, 0.25) is 0 Å². The highest BCUT2D eigenvalue weighted by Gasteiger charge is 2.17. The highest BCUT2D eigenvalue weighted by molar-refractivity contribution is 5.80. The van der Waals surface area contributed by atoms with E-state index in [4.69, 9.17) is 9.47 Å². The number of amides is 1. The molecule has 4 heteroatoms. The van der Waals surface area contributed by atoms with Crippen LogP contribution < -0.4 is 14.8 Å². The number of para-hydroxylation sites is 2. The third-order valence-electron chi connectivity index (χ3n) is 3.40. The number of rotatable bonds is 7. The molecular weight excluding hydrogens is 290 g/mol. The molecule has 0 unspecified atom stereocenters.